The summed E-state index contributed by atoms with van der Waals surface area (Å²) in [7, 11) is 5.46. The SMILES string of the molecule is CN(C)c1nc(N(C)CCC2CCCCO2)ncc1F. The fourth-order valence-electron chi connectivity index (χ4n) is 2.32. The van der Waals surface area contributed by atoms with Crippen LogP contribution in [-0.2, 0) is 4.74 Å². The molecule has 0 saturated carbocycles. The van der Waals surface area contributed by atoms with Gasteiger partial charge in [0.15, 0.2) is 11.6 Å². The Morgan fingerprint density at radius 1 is 1.35 bits per heavy atom. The van der Waals surface area contributed by atoms with Crippen molar-refractivity contribution in [1.29, 1.82) is 0 Å². The Kier molecular flexibility index (Phi) is 5.11. The summed E-state index contributed by atoms with van der Waals surface area (Å²) in [5, 5.41) is 0. The molecule has 0 bridgehead atoms. The van der Waals surface area contributed by atoms with E-state index in [2.05, 4.69) is 9.97 Å². The molecule has 20 heavy (non-hydrogen) atoms. The van der Waals surface area contributed by atoms with Gasteiger partial charge in [-0.1, -0.05) is 0 Å². The van der Waals surface area contributed by atoms with E-state index in [1.165, 1.54) is 19.0 Å². The Labute approximate surface area is 119 Å². The second kappa shape index (κ2) is 6.83. The smallest absolute Gasteiger partial charge is 0.227 e. The molecule has 1 atom stereocenters. The zero-order valence-corrected chi connectivity index (χ0v) is 12.5. The summed E-state index contributed by atoms with van der Waals surface area (Å²) < 4.78 is 19.3. The van der Waals surface area contributed by atoms with Gasteiger partial charge in [-0.15, -0.1) is 0 Å². The molecule has 1 saturated heterocycles. The lowest BCUT2D eigenvalue weighted by molar-refractivity contribution is 0.0126. The maximum Gasteiger partial charge on any atom is 0.227 e. The molecule has 5 nitrogen and oxygen atoms in total. The van der Waals surface area contributed by atoms with E-state index in [1.807, 2.05) is 11.9 Å². The summed E-state index contributed by atoms with van der Waals surface area (Å²) in [6.45, 7) is 1.68. The highest BCUT2D eigenvalue weighted by molar-refractivity contribution is 5.43. The zero-order valence-electron chi connectivity index (χ0n) is 12.5. The van der Waals surface area contributed by atoms with Gasteiger partial charge in [0.2, 0.25) is 5.95 Å². The highest BCUT2D eigenvalue weighted by Gasteiger charge is 2.16. The lowest BCUT2D eigenvalue weighted by Crippen LogP contribution is -2.28. The van der Waals surface area contributed by atoms with E-state index >= 15 is 0 Å². The van der Waals surface area contributed by atoms with Crippen LogP contribution < -0.4 is 9.80 Å². The summed E-state index contributed by atoms with van der Waals surface area (Å²) in [5.74, 6) is 0.462. The predicted molar refractivity (Wildman–Crippen MR) is 77.8 cm³/mol. The molecule has 1 aromatic rings. The third kappa shape index (κ3) is 3.79. The van der Waals surface area contributed by atoms with Crippen LogP contribution in [0, 0.1) is 5.82 Å². The summed E-state index contributed by atoms with van der Waals surface area (Å²) in [6.07, 6.45) is 6.05. The predicted octanol–water partition coefficient (Wildman–Crippen LogP) is 2.08. The topological polar surface area (TPSA) is 41.5 Å². The second-order valence-electron chi connectivity index (χ2n) is 5.43. The van der Waals surface area contributed by atoms with Crippen LogP contribution in [0.1, 0.15) is 25.7 Å². The Hall–Kier alpha value is -1.43. The van der Waals surface area contributed by atoms with Gasteiger partial charge >= 0.3 is 0 Å². The van der Waals surface area contributed by atoms with Gasteiger partial charge in [-0.2, -0.15) is 4.98 Å². The molecule has 0 spiro atoms. The molecule has 1 aliphatic heterocycles. The van der Waals surface area contributed by atoms with E-state index in [4.69, 9.17) is 4.74 Å². The van der Waals surface area contributed by atoms with E-state index in [9.17, 15) is 4.39 Å². The van der Waals surface area contributed by atoms with Gasteiger partial charge in [0.25, 0.3) is 0 Å². The van der Waals surface area contributed by atoms with Crippen LogP contribution in [0.15, 0.2) is 6.20 Å². The molecule has 2 rings (SSSR count). The van der Waals surface area contributed by atoms with E-state index in [1.54, 1.807) is 19.0 Å². The highest BCUT2D eigenvalue weighted by atomic mass is 19.1. The number of anilines is 2. The van der Waals surface area contributed by atoms with Crippen LogP contribution in [0.2, 0.25) is 0 Å². The molecule has 1 aromatic heterocycles. The third-order valence-corrected chi connectivity index (χ3v) is 3.54. The van der Waals surface area contributed by atoms with Crippen LogP contribution in [0.3, 0.4) is 0 Å². The number of aromatic nitrogens is 2. The summed E-state index contributed by atoms with van der Waals surface area (Å²) in [4.78, 5) is 11.9. The lowest BCUT2D eigenvalue weighted by atomic mass is 10.1. The number of nitrogens with zero attached hydrogens (tertiary/aromatic N) is 4. The van der Waals surface area contributed by atoms with Gasteiger partial charge in [-0.05, 0) is 25.7 Å². The molecule has 1 unspecified atom stereocenters. The van der Waals surface area contributed by atoms with Crippen molar-refractivity contribution < 1.29 is 9.13 Å². The molecule has 2 heterocycles. The average Bonchev–Trinajstić information content (AvgIpc) is 2.46. The number of hydrogen-bond acceptors (Lipinski definition) is 5. The van der Waals surface area contributed by atoms with Gasteiger partial charge in [0.05, 0.1) is 12.3 Å². The van der Waals surface area contributed by atoms with E-state index in [-0.39, 0.29) is 0 Å². The van der Waals surface area contributed by atoms with Crippen LogP contribution in [0.5, 0.6) is 0 Å². The minimum absolute atomic E-state index is 0.316. The van der Waals surface area contributed by atoms with Gasteiger partial charge in [0.1, 0.15) is 0 Å². The van der Waals surface area contributed by atoms with Crippen molar-refractivity contribution >= 4 is 11.8 Å². The first kappa shape index (κ1) is 15.0. The van der Waals surface area contributed by atoms with Crippen molar-refractivity contribution in [2.24, 2.45) is 0 Å². The van der Waals surface area contributed by atoms with Crippen LogP contribution in [-0.4, -0.2) is 50.4 Å². The molecule has 0 amide bonds. The standard InChI is InChI=1S/C14H23FN4O/c1-18(2)13-12(15)10-16-14(17-13)19(3)8-7-11-6-4-5-9-20-11/h10-11H,4-9H2,1-3H3. The van der Waals surface area contributed by atoms with E-state index in [0.29, 0.717) is 17.9 Å². The Balaban J connectivity index is 1.94. The minimum atomic E-state index is -0.400. The van der Waals surface area contributed by atoms with Crippen molar-refractivity contribution in [2.75, 3.05) is 44.1 Å². The Morgan fingerprint density at radius 3 is 2.80 bits per heavy atom. The molecular formula is C14H23FN4O. The normalized spacial score (nSPS) is 18.9. The fraction of sp³-hybridized carbons (Fsp3) is 0.714. The average molecular weight is 282 g/mol. The first-order chi connectivity index (χ1) is 9.58. The summed E-state index contributed by atoms with van der Waals surface area (Å²) in [5.41, 5.74) is 0. The van der Waals surface area contributed by atoms with Crippen molar-refractivity contribution in [2.45, 2.75) is 31.8 Å². The molecule has 6 heteroatoms. The summed E-state index contributed by atoms with van der Waals surface area (Å²) >= 11 is 0. The molecule has 0 radical (unpaired) electrons. The van der Waals surface area contributed by atoms with E-state index in [0.717, 1.165) is 26.0 Å². The maximum absolute atomic E-state index is 13.6. The Morgan fingerprint density at radius 2 is 2.15 bits per heavy atom. The van der Waals surface area contributed by atoms with Crippen LogP contribution in [0.4, 0.5) is 16.2 Å². The van der Waals surface area contributed by atoms with Gasteiger partial charge in [-0.25, -0.2) is 9.37 Å². The second-order valence-corrected chi connectivity index (χ2v) is 5.43. The maximum atomic E-state index is 13.6. The largest absolute Gasteiger partial charge is 0.378 e. The molecule has 0 aliphatic carbocycles. The Bertz CT molecular complexity index is 435. The monoisotopic (exact) mass is 282 g/mol. The number of hydrogen-bond donors (Lipinski definition) is 0. The first-order valence-electron chi connectivity index (χ1n) is 7.10. The number of halogens is 1. The molecule has 0 aromatic carbocycles. The molecule has 1 fully saturated rings. The number of ether oxygens (including phenoxy) is 1. The molecule has 1 aliphatic rings. The molecule has 0 N–H and O–H groups in total. The van der Waals surface area contributed by atoms with E-state index < -0.39 is 5.82 Å². The third-order valence-electron chi connectivity index (χ3n) is 3.54. The van der Waals surface area contributed by atoms with Crippen molar-refractivity contribution in [1.82, 2.24) is 9.97 Å². The zero-order chi connectivity index (χ0) is 14.5. The van der Waals surface area contributed by atoms with Gasteiger partial charge in [-0.3, -0.25) is 0 Å². The lowest BCUT2D eigenvalue weighted by Gasteiger charge is -2.25. The van der Waals surface area contributed by atoms with Crippen LogP contribution >= 0.6 is 0 Å². The van der Waals surface area contributed by atoms with Crippen molar-refractivity contribution in [3.63, 3.8) is 0 Å². The highest BCUT2D eigenvalue weighted by Crippen LogP contribution is 2.19. The first-order valence-corrected chi connectivity index (χ1v) is 7.10. The van der Waals surface area contributed by atoms with Gasteiger partial charge < -0.3 is 14.5 Å². The fourth-order valence-corrected chi connectivity index (χ4v) is 2.32. The van der Waals surface area contributed by atoms with Crippen molar-refractivity contribution in [3.05, 3.63) is 12.0 Å². The van der Waals surface area contributed by atoms with Crippen LogP contribution in [0.25, 0.3) is 0 Å². The minimum Gasteiger partial charge on any atom is -0.378 e. The molecular weight excluding hydrogens is 259 g/mol. The quantitative estimate of drug-likeness (QED) is 0.827. The van der Waals surface area contributed by atoms with Gasteiger partial charge in [0, 0.05) is 34.3 Å². The number of rotatable bonds is 5. The van der Waals surface area contributed by atoms with Crippen molar-refractivity contribution in [3.8, 4) is 0 Å². The molecule has 112 valence electrons. The summed E-state index contributed by atoms with van der Waals surface area (Å²) in [6, 6.07) is 0.